The summed E-state index contributed by atoms with van der Waals surface area (Å²) < 4.78 is 6.08. The molecule has 0 saturated heterocycles. The molecule has 2 aliphatic carbocycles. The summed E-state index contributed by atoms with van der Waals surface area (Å²) in [5.41, 5.74) is 1.17. The molecule has 6 heteroatoms. The molecule has 0 amide bonds. The fraction of sp³-hybridized carbons (Fsp3) is 0.684. The zero-order valence-electron chi connectivity index (χ0n) is 15.3. The van der Waals surface area contributed by atoms with Gasteiger partial charge in [0.15, 0.2) is 5.96 Å². The number of rotatable bonds is 6. The van der Waals surface area contributed by atoms with Gasteiger partial charge in [-0.2, -0.15) is 0 Å². The Balaban J connectivity index is 0.00000225. The van der Waals surface area contributed by atoms with Gasteiger partial charge in [0, 0.05) is 32.4 Å². The maximum atomic E-state index is 6.08. The molecule has 2 fully saturated rings. The van der Waals surface area contributed by atoms with Gasteiger partial charge in [-0.25, -0.2) is 4.98 Å². The van der Waals surface area contributed by atoms with Crippen LogP contribution in [-0.4, -0.2) is 30.6 Å². The van der Waals surface area contributed by atoms with Crippen LogP contribution >= 0.6 is 24.0 Å². The summed E-state index contributed by atoms with van der Waals surface area (Å²) in [6, 6.07) is 4.07. The first kappa shape index (κ1) is 20.3. The third kappa shape index (κ3) is 6.99. The van der Waals surface area contributed by atoms with Crippen LogP contribution < -0.4 is 15.4 Å². The molecule has 1 aromatic rings. The Labute approximate surface area is 168 Å². The number of pyridine rings is 1. The maximum Gasteiger partial charge on any atom is 0.213 e. The first-order valence-electron chi connectivity index (χ1n) is 9.29. The van der Waals surface area contributed by atoms with E-state index in [1.165, 1.54) is 31.2 Å². The molecule has 0 atom stereocenters. The molecular formula is C19H31IN4O. The fourth-order valence-corrected chi connectivity index (χ4v) is 3.11. The number of aromatic nitrogens is 1. The van der Waals surface area contributed by atoms with Gasteiger partial charge in [-0.1, -0.05) is 6.92 Å². The number of nitrogens with one attached hydrogen (secondary N) is 2. The quantitative estimate of drug-likeness (QED) is 0.388. The summed E-state index contributed by atoms with van der Waals surface area (Å²) in [6.07, 6.45) is 9.64. The third-order valence-corrected chi connectivity index (χ3v) is 4.99. The van der Waals surface area contributed by atoms with Crippen LogP contribution in [0.15, 0.2) is 23.3 Å². The van der Waals surface area contributed by atoms with E-state index in [-0.39, 0.29) is 24.0 Å². The number of hydrogen-bond acceptors (Lipinski definition) is 3. The van der Waals surface area contributed by atoms with Crippen LogP contribution in [0.25, 0.3) is 0 Å². The van der Waals surface area contributed by atoms with Crippen molar-refractivity contribution in [3.05, 3.63) is 23.9 Å². The van der Waals surface area contributed by atoms with E-state index in [1.54, 1.807) is 0 Å². The standard InChI is InChI=1S/C19H30N4O.HI/c1-14-3-7-17(8-4-14)24-18-11-16(9-10-21-18)13-23-19(20-2)22-12-15-5-6-15;/h9-11,14-15,17H,3-8,12-13H2,1-2H3,(H2,20,22,23);1H. The summed E-state index contributed by atoms with van der Waals surface area (Å²) >= 11 is 0. The minimum absolute atomic E-state index is 0. The lowest BCUT2D eigenvalue weighted by atomic mass is 9.89. The van der Waals surface area contributed by atoms with Gasteiger partial charge >= 0.3 is 0 Å². The molecule has 140 valence electrons. The Morgan fingerprint density at radius 1 is 1.20 bits per heavy atom. The second-order valence-corrected chi connectivity index (χ2v) is 7.25. The van der Waals surface area contributed by atoms with E-state index in [4.69, 9.17) is 4.74 Å². The largest absolute Gasteiger partial charge is 0.474 e. The minimum atomic E-state index is 0. The molecule has 2 aliphatic rings. The van der Waals surface area contributed by atoms with Crippen molar-refractivity contribution >= 4 is 29.9 Å². The lowest BCUT2D eigenvalue weighted by Crippen LogP contribution is -2.37. The van der Waals surface area contributed by atoms with Crippen molar-refractivity contribution < 1.29 is 4.74 Å². The SMILES string of the molecule is CN=C(NCc1ccnc(OC2CCC(C)CC2)c1)NCC1CC1.I. The molecule has 2 N–H and O–H groups in total. The molecule has 1 aromatic heterocycles. The van der Waals surface area contributed by atoms with E-state index in [2.05, 4.69) is 27.5 Å². The van der Waals surface area contributed by atoms with Gasteiger partial charge in [0.25, 0.3) is 0 Å². The molecular weight excluding hydrogens is 427 g/mol. The number of guanidine groups is 1. The summed E-state index contributed by atoms with van der Waals surface area (Å²) in [6.45, 7) is 4.07. The predicted octanol–water partition coefficient (Wildman–Crippen LogP) is 3.73. The Bertz CT molecular complexity index is 554. The molecule has 0 aromatic carbocycles. The zero-order chi connectivity index (χ0) is 16.8. The number of halogens is 1. The van der Waals surface area contributed by atoms with Gasteiger partial charge in [-0.3, -0.25) is 4.99 Å². The second kappa shape index (κ2) is 10.2. The molecule has 3 rings (SSSR count). The molecule has 0 radical (unpaired) electrons. The van der Waals surface area contributed by atoms with Crippen LogP contribution in [0.2, 0.25) is 0 Å². The smallest absolute Gasteiger partial charge is 0.213 e. The zero-order valence-corrected chi connectivity index (χ0v) is 17.7. The van der Waals surface area contributed by atoms with E-state index in [9.17, 15) is 0 Å². The highest BCUT2D eigenvalue weighted by atomic mass is 127. The number of ether oxygens (including phenoxy) is 1. The van der Waals surface area contributed by atoms with Crippen LogP contribution in [0.3, 0.4) is 0 Å². The molecule has 5 nitrogen and oxygen atoms in total. The van der Waals surface area contributed by atoms with Gasteiger partial charge in [0.2, 0.25) is 5.88 Å². The summed E-state index contributed by atoms with van der Waals surface area (Å²) in [5.74, 6) is 3.28. The monoisotopic (exact) mass is 458 g/mol. The fourth-order valence-electron chi connectivity index (χ4n) is 3.11. The highest BCUT2D eigenvalue weighted by Gasteiger charge is 2.21. The van der Waals surface area contributed by atoms with Gasteiger partial charge in [-0.05, 0) is 62.0 Å². The van der Waals surface area contributed by atoms with Crippen molar-refractivity contribution in [2.75, 3.05) is 13.6 Å². The minimum Gasteiger partial charge on any atom is -0.474 e. The first-order valence-corrected chi connectivity index (χ1v) is 9.29. The Morgan fingerprint density at radius 2 is 1.96 bits per heavy atom. The lowest BCUT2D eigenvalue weighted by molar-refractivity contribution is 0.130. The summed E-state index contributed by atoms with van der Waals surface area (Å²) in [4.78, 5) is 8.65. The molecule has 0 bridgehead atoms. The Morgan fingerprint density at radius 3 is 2.64 bits per heavy atom. The molecule has 2 saturated carbocycles. The van der Waals surface area contributed by atoms with Crippen molar-refractivity contribution in [1.82, 2.24) is 15.6 Å². The van der Waals surface area contributed by atoms with Crippen molar-refractivity contribution in [2.45, 2.75) is 58.1 Å². The van der Waals surface area contributed by atoms with E-state index >= 15 is 0 Å². The van der Waals surface area contributed by atoms with Gasteiger partial charge < -0.3 is 15.4 Å². The third-order valence-electron chi connectivity index (χ3n) is 4.99. The van der Waals surface area contributed by atoms with Crippen molar-refractivity contribution in [3.8, 4) is 5.88 Å². The van der Waals surface area contributed by atoms with E-state index in [1.807, 2.05) is 25.4 Å². The summed E-state index contributed by atoms with van der Waals surface area (Å²) in [5, 5.41) is 6.74. The van der Waals surface area contributed by atoms with Crippen molar-refractivity contribution in [2.24, 2.45) is 16.8 Å². The van der Waals surface area contributed by atoms with Crippen molar-refractivity contribution in [1.29, 1.82) is 0 Å². The van der Waals surface area contributed by atoms with Crippen LogP contribution in [-0.2, 0) is 6.54 Å². The number of hydrogen-bond donors (Lipinski definition) is 2. The number of aliphatic imine (C=N–C) groups is 1. The van der Waals surface area contributed by atoms with Crippen LogP contribution in [0.5, 0.6) is 5.88 Å². The second-order valence-electron chi connectivity index (χ2n) is 7.25. The predicted molar refractivity (Wildman–Crippen MR) is 113 cm³/mol. The Kier molecular flexibility index (Phi) is 8.26. The normalized spacial score (nSPS) is 23.5. The van der Waals surface area contributed by atoms with E-state index < -0.39 is 0 Å². The highest BCUT2D eigenvalue weighted by Crippen LogP contribution is 2.27. The lowest BCUT2D eigenvalue weighted by Gasteiger charge is -2.26. The van der Waals surface area contributed by atoms with Crippen LogP contribution in [0.1, 0.15) is 51.0 Å². The van der Waals surface area contributed by atoms with Crippen LogP contribution in [0.4, 0.5) is 0 Å². The van der Waals surface area contributed by atoms with Crippen LogP contribution in [0, 0.1) is 11.8 Å². The molecule has 0 unspecified atom stereocenters. The van der Waals surface area contributed by atoms with E-state index in [0.29, 0.717) is 6.10 Å². The molecule has 1 heterocycles. The highest BCUT2D eigenvalue weighted by molar-refractivity contribution is 14.0. The first-order chi connectivity index (χ1) is 11.7. The molecule has 0 spiro atoms. The Hall–Kier alpha value is -1.05. The average molecular weight is 458 g/mol. The molecule has 0 aliphatic heterocycles. The topological polar surface area (TPSA) is 58.5 Å². The van der Waals surface area contributed by atoms with Gasteiger partial charge in [0.05, 0.1) is 0 Å². The summed E-state index contributed by atoms with van der Waals surface area (Å²) in [7, 11) is 1.81. The average Bonchev–Trinajstić information content (AvgIpc) is 3.42. The number of nitrogens with zero attached hydrogens (tertiary/aromatic N) is 2. The molecule has 25 heavy (non-hydrogen) atoms. The van der Waals surface area contributed by atoms with E-state index in [0.717, 1.165) is 49.6 Å². The van der Waals surface area contributed by atoms with Crippen molar-refractivity contribution in [3.63, 3.8) is 0 Å². The van der Waals surface area contributed by atoms with Gasteiger partial charge in [0.1, 0.15) is 6.10 Å². The van der Waals surface area contributed by atoms with Gasteiger partial charge in [-0.15, -0.1) is 24.0 Å². The maximum absolute atomic E-state index is 6.08.